The molecule has 0 radical (unpaired) electrons. The number of nitrogens with one attached hydrogen (secondary N) is 2. The summed E-state index contributed by atoms with van der Waals surface area (Å²) in [6.45, 7) is 2.66. The fourth-order valence-electron chi connectivity index (χ4n) is 4.02. The highest BCUT2D eigenvalue weighted by molar-refractivity contribution is 5.95. The topological polar surface area (TPSA) is 59.0 Å². The molecule has 1 aromatic carbocycles. The predicted molar refractivity (Wildman–Crippen MR) is 100 cm³/mol. The van der Waals surface area contributed by atoms with Crippen LogP contribution < -0.4 is 10.6 Å². The van der Waals surface area contributed by atoms with E-state index in [0.29, 0.717) is 24.2 Å². The van der Waals surface area contributed by atoms with Crippen LogP contribution in [0, 0.1) is 6.92 Å². The average molecular weight is 361 g/mol. The van der Waals surface area contributed by atoms with Gasteiger partial charge in [0.1, 0.15) is 0 Å². The highest BCUT2D eigenvalue weighted by Gasteiger charge is 2.34. The van der Waals surface area contributed by atoms with Gasteiger partial charge in [-0.05, 0) is 38.2 Å². The molecule has 5 nitrogen and oxygen atoms in total. The van der Waals surface area contributed by atoms with Gasteiger partial charge in [-0.1, -0.05) is 30.3 Å². The molecular formula is C19H25ClN4O. The Hall–Kier alpha value is -1.85. The van der Waals surface area contributed by atoms with Gasteiger partial charge in [0.05, 0.1) is 18.3 Å². The minimum Gasteiger partial charge on any atom is -0.349 e. The van der Waals surface area contributed by atoms with Crippen LogP contribution in [0.15, 0.2) is 36.5 Å². The Bertz CT molecular complexity index is 718. The number of piperidine rings is 1. The number of amides is 1. The summed E-state index contributed by atoms with van der Waals surface area (Å²) in [7, 11) is 0. The van der Waals surface area contributed by atoms with Crippen LogP contribution in [0.2, 0.25) is 0 Å². The SMILES string of the molecule is Cc1c(C(=O)NC2CC3CCC(C2)N3)cnn1Cc1ccccc1.Cl. The molecule has 6 heteroatoms. The molecule has 2 aromatic rings. The van der Waals surface area contributed by atoms with Crippen molar-refractivity contribution in [3.63, 3.8) is 0 Å². The first-order chi connectivity index (χ1) is 11.7. The zero-order valence-corrected chi connectivity index (χ0v) is 15.3. The van der Waals surface area contributed by atoms with Crippen molar-refractivity contribution in [1.82, 2.24) is 20.4 Å². The molecule has 0 saturated carbocycles. The van der Waals surface area contributed by atoms with Crippen molar-refractivity contribution in [2.24, 2.45) is 0 Å². The van der Waals surface area contributed by atoms with Crippen LogP contribution in [0.25, 0.3) is 0 Å². The fourth-order valence-corrected chi connectivity index (χ4v) is 4.02. The molecule has 2 fully saturated rings. The first-order valence-electron chi connectivity index (χ1n) is 8.82. The van der Waals surface area contributed by atoms with E-state index in [0.717, 1.165) is 18.5 Å². The van der Waals surface area contributed by atoms with Gasteiger partial charge in [-0.15, -0.1) is 12.4 Å². The minimum atomic E-state index is 0. The molecule has 2 aliphatic heterocycles. The zero-order chi connectivity index (χ0) is 16.5. The normalized spacial score (nSPS) is 24.6. The van der Waals surface area contributed by atoms with Gasteiger partial charge < -0.3 is 10.6 Å². The Morgan fingerprint density at radius 1 is 1.24 bits per heavy atom. The quantitative estimate of drug-likeness (QED) is 0.881. The molecule has 4 rings (SSSR count). The molecule has 0 spiro atoms. The Morgan fingerprint density at radius 3 is 2.60 bits per heavy atom. The monoisotopic (exact) mass is 360 g/mol. The van der Waals surface area contributed by atoms with Crippen LogP contribution in [0.5, 0.6) is 0 Å². The number of halogens is 1. The largest absolute Gasteiger partial charge is 0.349 e. The van der Waals surface area contributed by atoms with Gasteiger partial charge in [-0.3, -0.25) is 9.48 Å². The van der Waals surface area contributed by atoms with Gasteiger partial charge >= 0.3 is 0 Å². The number of fused-ring (bicyclic) bond motifs is 2. The lowest BCUT2D eigenvalue weighted by atomic mass is 9.99. The number of benzene rings is 1. The standard InChI is InChI=1S/C19H24N4O.ClH/c1-13-18(11-20-23(13)12-14-5-3-2-4-6-14)19(24)22-17-9-15-7-8-16(10-17)21-15;/h2-6,11,15-17,21H,7-10,12H2,1H3,(H,22,24);1H. The number of carbonyl (C=O) groups excluding carboxylic acids is 1. The molecule has 3 heterocycles. The lowest BCUT2D eigenvalue weighted by molar-refractivity contribution is 0.0923. The minimum absolute atomic E-state index is 0. The van der Waals surface area contributed by atoms with Crippen molar-refractivity contribution in [3.05, 3.63) is 53.3 Å². The lowest BCUT2D eigenvalue weighted by Gasteiger charge is -2.29. The van der Waals surface area contributed by atoms with Crippen LogP contribution in [0.4, 0.5) is 0 Å². The van der Waals surface area contributed by atoms with Crippen LogP contribution in [0.3, 0.4) is 0 Å². The highest BCUT2D eigenvalue weighted by Crippen LogP contribution is 2.27. The molecule has 2 aliphatic rings. The summed E-state index contributed by atoms with van der Waals surface area (Å²) in [4.78, 5) is 12.6. The Kier molecular flexibility index (Phi) is 5.45. The van der Waals surface area contributed by atoms with Gasteiger partial charge in [-0.2, -0.15) is 5.10 Å². The molecule has 0 aliphatic carbocycles. The highest BCUT2D eigenvalue weighted by atomic mass is 35.5. The summed E-state index contributed by atoms with van der Waals surface area (Å²) in [5, 5.41) is 11.2. The second-order valence-corrected chi connectivity index (χ2v) is 7.07. The summed E-state index contributed by atoms with van der Waals surface area (Å²) in [5.74, 6) is 0.0121. The molecule has 1 aromatic heterocycles. The Morgan fingerprint density at radius 2 is 1.92 bits per heavy atom. The Balaban J connectivity index is 0.00000182. The van der Waals surface area contributed by atoms with Crippen molar-refractivity contribution in [3.8, 4) is 0 Å². The predicted octanol–water partition coefficient (Wildman–Crippen LogP) is 2.67. The first-order valence-corrected chi connectivity index (χ1v) is 8.82. The summed E-state index contributed by atoms with van der Waals surface area (Å²) in [5.41, 5.74) is 2.80. The lowest BCUT2D eigenvalue weighted by Crippen LogP contribution is -2.48. The summed E-state index contributed by atoms with van der Waals surface area (Å²) in [6.07, 6.45) is 6.26. The van der Waals surface area contributed by atoms with E-state index >= 15 is 0 Å². The second-order valence-electron chi connectivity index (χ2n) is 7.07. The maximum Gasteiger partial charge on any atom is 0.254 e. The summed E-state index contributed by atoms with van der Waals surface area (Å²) >= 11 is 0. The third-order valence-corrected chi connectivity index (χ3v) is 5.33. The third-order valence-electron chi connectivity index (χ3n) is 5.33. The van der Waals surface area contributed by atoms with Crippen molar-refractivity contribution in [1.29, 1.82) is 0 Å². The zero-order valence-electron chi connectivity index (χ0n) is 14.4. The molecule has 2 saturated heterocycles. The third kappa shape index (κ3) is 3.88. The van der Waals surface area contributed by atoms with E-state index in [2.05, 4.69) is 27.9 Å². The number of hydrogen-bond acceptors (Lipinski definition) is 3. The van der Waals surface area contributed by atoms with Crippen LogP contribution >= 0.6 is 12.4 Å². The first kappa shape index (κ1) is 18.0. The van der Waals surface area contributed by atoms with Gasteiger partial charge in [0.25, 0.3) is 5.91 Å². The van der Waals surface area contributed by atoms with Crippen molar-refractivity contribution in [2.75, 3.05) is 0 Å². The fraction of sp³-hybridized carbons (Fsp3) is 0.474. The van der Waals surface area contributed by atoms with Crippen LogP contribution in [-0.2, 0) is 6.54 Å². The van der Waals surface area contributed by atoms with Crippen LogP contribution in [0.1, 0.15) is 47.3 Å². The van der Waals surface area contributed by atoms with E-state index in [-0.39, 0.29) is 24.4 Å². The molecule has 2 atom stereocenters. The maximum absolute atomic E-state index is 12.6. The number of aromatic nitrogens is 2. The second kappa shape index (κ2) is 7.58. The molecule has 25 heavy (non-hydrogen) atoms. The van der Waals surface area contributed by atoms with E-state index in [1.165, 1.54) is 18.4 Å². The smallest absolute Gasteiger partial charge is 0.254 e. The van der Waals surface area contributed by atoms with Crippen molar-refractivity contribution >= 4 is 18.3 Å². The molecule has 134 valence electrons. The number of rotatable bonds is 4. The van der Waals surface area contributed by atoms with Gasteiger partial charge in [0, 0.05) is 23.8 Å². The number of carbonyl (C=O) groups is 1. The van der Waals surface area contributed by atoms with E-state index in [9.17, 15) is 4.79 Å². The van der Waals surface area contributed by atoms with Gasteiger partial charge in [0.15, 0.2) is 0 Å². The van der Waals surface area contributed by atoms with E-state index in [1.807, 2.05) is 29.8 Å². The Labute approximate surface area is 154 Å². The van der Waals surface area contributed by atoms with Gasteiger partial charge in [-0.25, -0.2) is 0 Å². The van der Waals surface area contributed by atoms with Crippen molar-refractivity contribution in [2.45, 2.75) is 57.3 Å². The van der Waals surface area contributed by atoms with Gasteiger partial charge in [0.2, 0.25) is 0 Å². The maximum atomic E-state index is 12.6. The van der Waals surface area contributed by atoms with E-state index in [4.69, 9.17) is 0 Å². The van der Waals surface area contributed by atoms with E-state index in [1.54, 1.807) is 6.20 Å². The molecular weight excluding hydrogens is 336 g/mol. The van der Waals surface area contributed by atoms with E-state index < -0.39 is 0 Å². The average Bonchev–Trinajstić information content (AvgIpc) is 3.11. The number of nitrogens with zero attached hydrogens (tertiary/aromatic N) is 2. The molecule has 1 amide bonds. The van der Waals surface area contributed by atoms with Crippen molar-refractivity contribution < 1.29 is 4.79 Å². The summed E-state index contributed by atoms with van der Waals surface area (Å²) in [6, 6.07) is 11.6. The van der Waals surface area contributed by atoms with Crippen LogP contribution in [-0.4, -0.2) is 33.8 Å². The summed E-state index contributed by atoms with van der Waals surface area (Å²) < 4.78 is 1.90. The number of hydrogen-bond donors (Lipinski definition) is 2. The molecule has 2 N–H and O–H groups in total. The molecule has 2 bridgehead atoms. The molecule has 2 unspecified atom stereocenters.